The number of hydrogen-bond acceptors (Lipinski definition) is 4. The predicted octanol–water partition coefficient (Wildman–Crippen LogP) is 4.20. The van der Waals surface area contributed by atoms with Gasteiger partial charge in [-0.25, -0.2) is 4.99 Å². The molecule has 3 rings (SSSR count). The maximum atomic E-state index is 5.43. The highest BCUT2D eigenvalue weighted by Gasteiger charge is 2.11. The van der Waals surface area contributed by atoms with E-state index in [0.717, 1.165) is 45.2 Å². The Balaban J connectivity index is 0.00000300. The Kier molecular flexibility index (Phi) is 10.2. The maximum absolute atomic E-state index is 5.43. The molecule has 1 fully saturated rings. The van der Waals surface area contributed by atoms with Crippen LogP contribution < -0.4 is 15.5 Å². The first kappa shape index (κ1) is 24.0. The van der Waals surface area contributed by atoms with E-state index in [9.17, 15) is 0 Å². The van der Waals surface area contributed by atoms with Crippen molar-refractivity contribution in [3.05, 3.63) is 51.7 Å². The summed E-state index contributed by atoms with van der Waals surface area (Å²) in [4.78, 5) is 9.92. The number of morpholine rings is 1. The lowest BCUT2D eigenvalue weighted by Gasteiger charge is -2.28. The maximum Gasteiger partial charge on any atom is 0.191 e. The lowest BCUT2D eigenvalue weighted by Crippen LogP contribution is -2.43. The first-order valence-electron chi connectivity index (χ1n) is 10.2. The second kappa shape index (κ2) is 12.4. The molecule has 2 N–H and O–H groups in total. The van der Waals surface area contributed by atoms with E-state index in [-0.39, 0.29) is 24.0 Å². The van der Waals surface area contributed by atoms with Gasteiger partial charge in [-0.1, -0.05) is 12.1 Å². The van der Waals surface area contributed by atoms with Gasteiger partial charge in [0.15, 0.2) is 5.96 Å². The number of thiophene rings is 1. The molecule has 29 heavy (non-hydrogen) atoms. The van der Waals surface area contributed by atoms with Gasteiger partial charge in [-0.05, 0) is 50.6 Å². The minimum atomic E-state index is 0. The van der Waals surface area contributed by atoms with Gasteiger partial charge >= 0.3 is 0 Å². The number of nitrogens with zero attached hydrogens (tertiary/aromatic N) is 2. The molecule has 1 aromatic carbocycles. The Hall–Kier alpha value is -1.32. The molecule has 0 amide bonds. The Morgan fingerprint density at radius 3 is 2.52 bits per heavy atom. The van der Waals surface area contributed by atoms with E-state index in [1.54, 1.807) is 0 Å². The topological polar surface area (TPSA) is 48.9 Å². The average molecular weight is 529 g/mol. The van der Waals surface area contributed by atoms with Crippen LogP contribution in [-0.2, 0) is 17.7 Å². The summed E-state index contributed by atoms with van der Waals surface area (Å²) in [5.74, 6) is 0.875. The number of guanidine groups is 1. The fraction of sp³-hybridized carbons (Fsp3) is 0.500. The molecule has 0 spiro atoms. The van der Waals surface area contributed by atoms with Crippen molar-refractivity contribution in [2.24, 2.45) is 4.99 Å². The van der Waals surface area contributed by atoms with E-state index < -0.39 is 0 Å². The van der Waals surface area contributed by atoms with E-state index in [4.69, 9.17) is 9.73 Å². The number of nitrogens with one attached hydrogen (secondary N) is 2. The van der Waals surface area contributed by atoms with Gasteiger partial charge in [-0.2, -0.15) is 0 Å². The molecule has 0 bridgehead atoms. The Morgan fingerprint density at radius 2 is 1.90 bits per heavy atom. The molecule has 0 radical (unpaired) electrons. The van der Waals surface area contributed by atoms with Crippen LogP contribution in [0.4, 0.5) is 5.69 Å². The molecule has 2 aromatic rings. The number of benzene rings is 1. The van der Waals surface area contributed by atoms with Gasteiger partial charge in [-0.3, -0.25) is 0 Å². The third kappa shape index (κ3) is 7.79. The normalized spacial score (nSPS) is 15.6. The van der Waals surface area contributed by atoms with Crippen LogP contribution in [0.5, 0.6) is 0 Å². The molecule has 0 saturated carbocycles. The summed E-state index contributed by atoms with van der Waals surface area (Å²) in [6.07, 6.45) is 1.01. The van der Waals surface area contributed by atoms with Crippen LogP contribution in [0.25, 0.3) is 0 Å². The summed E-state index contributed by atoms with van der Waals surface area (Å²) in [5, 5.41) is 6.89. The highest BCUT2D eigenvalue weighted by Crippen LogP contribution is 2.18. The predicted molar refractivity (Wildman–Crippen MR) is 135 cm³/mol. The molecule has 1 aromatic heterocycles. The largest absolute Gasteiger partial charge is 0.378 e. The number of rotatable bonds is 7. The van der Waals surface area contributed by atoms with E-state index in [2.05, 4.69) is 72.7 Å². The lowest BCUT2D eigenvalue weighted by atomic mass is 10.2. The van der Waals surface area contributed by atoms with Gasteiger partial charge in [0.1, 0.15) is 0 Å². The van der Waals surface area contributed by atoms with Crippen LogP contribution in [-0.4, -0.2) is 44.8 Å². The zero-order valence-corrected chi connectivity index (χ0v) is 20.8. The van der Waals surface area contributed by atoms with E-state index in [1.165, 1.54) is 21.0 Å². The standard InChI is InChI=1S/C22H32N4OS.HI/c1-4-23-22(25-17(2)15-21-10-5-18(3)28-21)24-16-19-6-8-20(9-7-19)26-11-13-27-14-12-26;/h5-10,17H,4,11-16H2,1-3H3,(H2,23,24,25);1H. The monoisotopic (exact) mass is 528 g/mol. The van der Waals surface area contributed by atoms with Crippen molar-refractivity contribution in [1.29, 1.82) is 0 Å². The number of anilines is 1. The third-order valence-corrected chi connectivity index (χ3v) is 5.79. The molecule has 0 aliphatic carbocycles. The molecule has 2 heterocycles. The van der Waals surface area contributed by atoms with Gasteiger partial charge in [-0.15, -0.1) is 35.3 Å². The molecule has 7 heteroatoms. The van der Waals surface area contributed by atoms with Gasteiger partial charge in [0, 0.05) is 47.5 Å². The third-order valence-electron chi connectivity index (χ3n) is 4.76. The van der Waals surface area contributed by atoms with Crippen LogP contribution in [0.1, 0.15) is 29.2 Å². The minimum Gasteiger partial charge on any atom is -0.378 e. The van der Waals surface area contributed by atoms with Crippen LogP contribution in [0, 0.1) is 6.92 Å². The number of ether oxygens (including phenoxy) is 1. The number of aryl methyl sites for hydroxylation is 1. The quantitative estimate of drug-likeness (QED) is 0.322. The summed E-state index contributed by atoms with van der Waals surface area (Å²) < 4.78 is 5.43. The van der Waals surface area contributed by atoms with Gasteiger partial charge in [0.05, 0.1) is 19.8 Å². The molecular weight excluding hydrogens is 495 g/mol. The summed E-state index contributed by atoms with van der Waals surface area (Å²) >= 11 is 1.87. The number of halogens is 1. The van der Waals surface area contributed by atoms with Crippen molar-refractivity contribution in [2.45, 2.75) is 39.8 Å². The zero-order valence-electron chi connectivity index (χ0n) is 17.6. The number of hydrogen-bond donors (Lipinski definition) is 2. The second-order valence-electron chi connectivity index (χ2n) is 7.22. The van der Waals surface area contributed by atoms with Crippen molar-refractivity contribution >= 4 is 47.0 Å². The van der Waals surface area contributed by atoms with Crippen molar-refractivity contribution in [2.75, 3.05) is 37.7 Å². The Morgan fingerprint density at radius 1 is 1.17 bits per heavy atom. The van der Waals surface area contributed by atoms with Gasteiger partial charge in [0.2, 0.25) is 0 Å². The summed E-state index contributed by atoms with van der Waals surface area (Å²) in [7, 11) is 0. The smallest absolute Gasteiger partial charge is 0.191 e. The Labute approximate surface area is 196 Å². The van der Waals surface area contributed by atoms with Crippen LogP contribution in [0.2, 0.25) is 0 Å². The number of aliphatic imine (C=N–C) groups is 1. The van der Waals surface area contributed by atoms with Crippen LogP contribution in [0.3, 0.4) is 0 Å². The van der Waals surface area contributed by atoms with Crippen molar-refractivity contribution in [3.8, 4) is 0 Å². The average Bonchev–Trinajstić information content (AvgIpc) is 3.12. The molecule has 1 unspecified atom stereocenters. The second-order valence-corrected chi connectivity index (χ2v) is 8.60. The molecule has 1 aliphatic rings. The van der Waals surface area contributed by atoms with Crippen LogP contribution in [0.15, 0.2) is 41.4 Å². The summed E-state index contributed by atoms with van der Waals surface area (Å²) in [6, 6.07) is 13.5. The minimum absolute atomic E-state index is 0. The zero-order chi connectivity index (χ0) is 19.8. The Bertz CT molecular complexity index is 756. The van der Waals surface area contributed by atoms with Gasteiger partial charge < -0.3 is 20.3 Å². The van der Waals surface area contributed by atoms with Crippen molar-refractivity contribution in [1.82, 2.24) is 10.6 Å². The van der Waals surface area contributed by atoms with Crippen molar-refractivity contribution in [3.63, 3.8) is 0 Å². The molecule has 5 nitrogen and oxygen atoms in total. The lowest BCUT2D eigenvalue weighted by molar-refractivity contribution is 0.122. The molecule has 160 valence electrons. The molecule has 1 aliphatic heterocycles. The first-order chi connectivity index (χ1) is 13.6. The highest BCUT2D eigenvalue weighted by atomic mass is 127. The van der Waals surface area contributed by atoms with Gasteiger partial charge in [0.25, 0.3) is 0 Å². The molecule has 1 saturated heterocycles. The highest BCUT2D eigenvalue weighted by molar-refractivity contribution is 14.0. The van der Waals surface area contributed by atoms with E-state index >= 15 is 0 Å². The van der Waals surface area contributed by atoms with E-state index in [1.807, 2.05) is 11.3 Å². The van der Waals surface area contributed by atoms with Crippen LogP contribution >= 0.6 is 35.3 Å². The summed E-state index contributed by atoms with van der Waals surface area (Å²) in [6.45, 7) is 11.5. The molecule has 1 atom stereocenters. The van der Waals surface area contributed by atoms with Crippen molar-refractivity contribution < 1.29 is 4.74 Å². The summed E-state index contributed by atoms with van der Waals surface area (Å²) in [5.41, 5.74) is 2.48. The fourth-order valence-electron chi connectivity index (χ4n) is 3.31. The first-order valence-corrected chi connectivity index (χ1v) is 11.0. The van der Waals surface area contributed by atoms with E-state index in [0.29, 0.717) is 12.6 Å². The fourth-order valence-corrected chi connectivity index (χ4v) is 4.32. The SMILES string of the molecule is CCNC(=NCc1ccc(N2CCOCC2)cc1)NC(C)Cc1ccc(C)s1.I. The molecular formula is C22H33IN4OS.